The molecule has 1 N–H and O–H groups in total. The summed E-state index contributed by atoms with van der Waals surface area (Å²) < 4.78 is 31.5. The Morgan fingerprint density at radius 3 is 2.67 bits per heavy atom. The van der Waals surface area contributed by atoms with Gasteiger partial charge in [0.25, 0.3) is 0 Å². The molecule has 2 rings (SSSR count). The minimum atomic E-state index is -3.62. The lowest BCUT2D eigenvalue weighted by Crippen LogP contribution is -2.24. The molecule has 18 heavy (non-hydrogen) atoms. The maximum Gasteiger partial charge on any atom is 0.246 e. The van der Waals surface area contributed by atoms with Crippen molar-refractivity contribution in [3.63, 3.8) is 0 Å². The second-order valence-corrected chi connectivity index (χ2v) is 5.50. The van der Waals surface area contributed by atoms with Gasteiger partial charge in [-0.25, -0.2) is 13.1 Å². The van der Waals surface area contributed by atoms with E-state index in [1.165, 1.54) is 0 Å². The molecule has 6 nitrogen and oxygen atoms in total. The van der Waals surface area contributed by atoms with E-state index >= 15 is 0 Å². The van der Waals surface area contributed by atoms with Gasteiger partial charge in [0, 0.05) is 6.20 Å². The van der Waals surface area contributed by atoms with Gasteiger partial charge >= 0.3 is 0 Å². The number of pyridine rings is 1. The molecule has 0 aliphatic rings. The minimum absolute atomic E-state index is 0.0958. The van der Waals surface area contributed by atoms with Crippen LogP contribution in [0.5, 0.6) is 0 Å². The van der Waals surface area contributed by atoms with Crippen molar-refractivity contribution in [1.29, 1.82) is 0 Å². The van der Waals surface area contributed by atoms with Gasteiger partial charge in [0.05, 0.1) is 12.2 Å². The average Bonchev–Trinajstić information content (AvgIpc) is 2.69. The smallest absolute Gasteiger partial charge is 0.246 e. The Labute approximate surface area is 105 Å². The first kappa shape index (κ1) is 12.7. The zero-order valence-electron chi connectivity index (χ0n) is 10.0. The van der Waals surface area contributed by atoms with Crippen LogP contribution in [0.15, 0.2) is 33.8 Å². The number of hydrogen-bond acceptors (Lipinski definition) is 5. The van der Waals surface area contributed by atoms with Crippen molar-refractivity contribution >= 4 is 10.0 Å². The third-order valence-corrected chi connectivity index (χ3v) is 4.05. The zero-order chi connectivity index (χ0) is 13.2. The van der Waals surface area contributed by atoms with E-state index in [-0.39, 0.29) is 17.2 Å². The summed E-state index contributed by atoms with van der Waals surface area (Å²) in [6.07, 6.45) is 1.61. The highest BCUT2D eigenvalue weighted by atomic mass is 32.2. The molecule has 2 aromatic rings. The monoisotopic (exact) mass is 267 g/mol. The number of rotatable bonds is 4. The van der Waals surface area contributed by atoms with Gasteiger partial charge in [0.1, 0.15) is 10.6 Å². The lowest BCUT2D eigenvalue weighted by Gasteiger charge is -2.05. The van der Waals surface area contributed by atoms with Crippen LogP contribution in [0.25, 0.3) is 0 Å². The van der Waals surface area contributed by atoms with Gasteiger partial charge in [-0.2, -0.15) is 0 Å². The van der Waals surface area contributed by atoms with Crippen LogP contribution in [0.4, 0.5) is 0 Å². The van der Waals surface area contributed by atoms with Crippen LogP contribution in [0.1, 0.15) is 17.1 Å². The second kappa shape index (κ2) is 4.87. The molecule has 96 valence electrons. The van der Waals surface area contributed by atoms with Crippen molar-refractivity contribution in [1.82, 2.24) is 14.9 Å². The maximum atomic E-state index is 12.1. The quantitative estimate of drug-likeness (QED) is 0.898. The van der Waals surface area contributed by atoms with Gasteiger partial charge in [0.15, 0.2) is 5.76 Å². The van der Waals surface area contributed by atoms with E-state index in [9.17, 15) is 8.42 Å². The van der Waals surface area contributed by atoms with Crippen molar-refractivity contribution in [2.24, 2.45) is 0 Å². The van der Waals surface area contributed by atoms with Crippen molar-refractivity contribution in [3.8, 4) is 0 Å². The second-order valence-electron chi connectivity index (χ2n) is 3.80. The Hall–Kier alpha value is -1.73. The summed E-state index contributed by atoms with van der Waals surface area (Å²) in [5, 5.41) is 3.63. The third-order valence-electron chi connectivity index (χ3n) is 2.41. The fraction of sp³-hybridized carbons (Fsp3) is 0.273. The summed E-state index contributed by atoms with van der Waals surface area (Å²) in [5.74, 6) is 0.279. The molecule has 0 aliphatic heterocycles. The van der Waals surface area contributed by atoms with Gasteiger partial charge in [-0.1, -0.05) is 11.2 Å². The maximum absolute atomic E-state index is 12.1. The molecule has 0 amide bonds. The molecular weight excluding hydrogens is 254 g/mol. The molecule has 0 radical (unpaired) electrons. The summed E-state index contributed by atoms with van der Waals surface area (Å²) in [5.41, 5.74) is 0.994. The summed E-state index contributed by atoms with van der Waals surface area (Å²) in [6.45, 7) is 3.29. The van der Waals surface area contributed by atoms with Crippen LogP contribution < -0.4 is 4.72 Å². The molecule has 0 aliphatic carbocycles. The van der Waals surface area contributed by atoms with Crippen molar-refractivity contribution in [2.45, 2.75) is 25.3 Å². The summed E-state index contributed by atoms with van der Waals surface area (Å²) in [6, 6.07) is 5.31. The van der Waals surface area contributed by atoms with Crippen LogP contribution >= 0.6 is 0 Å². The molecule has 0 saturated carbocycles. The predicted molar refractivity (Wildman–Crippen MR) is 64.2 cm³/mol. The van der Waals surface area contributed by atoms with E-state index < -0.39 is 10.0 Å². The number of nitrogens with one attached hydrogen (secondary N) is 1. The summed E-state index contributed by atoms with van der Waals surface area (Å²) in [7, 11) is -3.62. The molecule has 0 saturated heterocycles. The third kappa shape index (κ3) is 2.57. The van der Waals surface area contributed by atoms with Crippen molar-refractivity contribution < 1.29 is 12.9 Å². The van der Waals surface area contributed by atoms with Crippen molar-refractivity contribution in [2.75, 3.05) is 0 Å². The number of aryl methyl sites for hydroxylation is 2. The fourth-order valence-electron chi connectivity index (χ4n) is 1.60. The van der Waals surface area contributed by atoms with Gasteiger partial charge < -0.3 is 4.52 Å². The molecule has 0 spiro atoms. The molecule has 0 fully saturated rings. The molecule has 0 atom stereocenters. The number of aromatic nitrogens is 2. The lowest BCUT2D eigenvalue weighted by atomic mass is 10.4. The van der Waals surface area contributed by atoms with Crippen LogP contribution in [0, 0.1) is 13.8 Å². The van der Waals surface area contributed by atoms with Gasteiger partial charge in [-0.15, -0.1) is 0 Å². The van der Waals surface area contributed by atoms with E-state index in [2.05, 4.69) is 14.9 Å². The molecule has 2 aromatic heterocycles. The van der Waals surface area contributed by atoms with Gasteiger partial charge in [-0.05, 0) is 26.0 Å². The highest BCUT2D eigenvalue weighted by Crippen LogP contribution is 2.18. The standard InChI is InChI=1S/C11H13N3O3S/c1-8-11(9(2)17-14-8)18(15,16)13-7-10-5-3-4-6-12-10/h3-6,13H,7H2,1-2H3. The fourth-order valence-corrected chi connectivity index (χ4v) is 2.93. The Bertz CT molecular complexity index is 615. The Morgan fingerprint density at radius 1 is 1.33 bits per heavy atom. The van der Waals surface area contributed by atoms with E-state index in [1.807, 2.05) is 0 Å². The Balaban J connectivity index is 2.19. The van der Waals surface area contributed by atoms with Gasteiger partial charge in [-0.3, -0.25) is 4.98 Å². The molecule has 2 heterocycles. The minimum Gasteiger partial charge on any atom is -0.360 e. The number of sulfonamides is 1. The van der Waals surface area contributed by atoms with E-state index in [0.29, 0.717) is 11.4 Å². The number of hydrogen-bond donors (Lipinski definition) is 1. The van der Waals surface area contributed by atoms with Gasteiger partial charge in [0.2, 0.25) is 10.0 Å². The van der Waals surface area contributed by atoms with Crippen LogP contribution in [0.3, 0.4) is 0 Å². The topological polar surface area (TPSA) is 85.1 Å². The SMILES string of the molecule is Cc1noc(C)c1S(=O)(=O)NCc1ccccn1. The predicted octanol–water partition coefficient (Wildman–Crippen LogP) is 1.16. The first-order valence-corrected chi connectivity index (χ1v) is 6.81. The summed E-state index contributed by atoms with van der Waals surface area (Å²) >= 11 is 0. The first-order valence-electron chi connectivity index (χ1n) is 5.33. The van der Waals surface area contributed by atoms with Crippen LogP contribution in [-0.4, -0.2) is 18.6 Å². The highest BCUT2D eigenvalue weighted by molar-refractivity contribution is 7.89. The number of nitrogens with zero attached hydrogens (tertiary/aromatic N) is 2. The van der Waals surface area contributed by atoms with E-state index in [0.717, 1.165) is 0 Å². The molecule has 0 aromatic carbocycles. The highest BCUT2D eigenvalue weighted by Gasteiger charge is 2.23. The van der Waals surface area contributed by atoms with Crippen molar-refractivity contribution in [3.05, 3.63) is 41.5 Å². The van der Waals surface area contributed by atoms with E-state index in [1.54, 1.807) is 38.2 Å². The first-order chi connectivity index (χ1) is 8.50. The Kier molecular flexibility index (Phi) is 3.44. The van der Waals surface area contributed by atoms with Crippen LogP contribution in [-0.2, 0) is 16.6 Å². The normalized spacial score (nSPS) is 11.7. The lowest BCUT2D eigenvalue weighted by molar-refractivity contribution is 0.390. The zero-order valence-corrected chi connectivity index (χ0v) is 10.9. The molecule has 7 heteroatoms. The Morgan fingerprint density at radius 2 is 2.11 bits per heavy atom. The molecule has 0 unspecified atom stereocenters. The average molecular weight is 267 g/mol. The van der Waals surface area contributed by atoms with E-state index in [4.69, 9.17) is 4.52 Å². The van der Waals surface area contributed by atoms with Crippen LogP contribution in [0.2, 0.25) is 0 Å². The largest absolute Gasteiger partial charge is 0.360 e. The summed E-state index contributed by atoms with van der Waals surface area (Å²) in [4.78, 5) is 4.14. The molecule has 0 bridgehead atoms. The molecular formula is C11H13N3O3S.